The van der Waals surface area contributed by atoms with Gasteiger partial charge in [-0.15, -0.1) is 0 Å². The number of fused-ring (bicyclic) bond motifs is 2. The van der Waals surface area contributed by atoms with Crippen molar-refractivity contribution < 1.29 is 28.5 Å². The Labute approximate surface area is 155 Å². The Hall–Kier alpha value is -3.80. The van der Waals surface area contributed by atoms with Crippen molar-refractivity contribution >= 4 is 33.9 Å². The van der Waals surface area contributed by atoms with Crippen molar-refractivity contribution in [3.63, 3.8) is 0 Å². The van der Waals surface area contributed by atoms with Crippen LogP contribution >= 0.6 is 0 Å². The van der Waals surface area contributed by atoms with E-state index in [2.05, 4.69) is 22.6 Å². The fourth-order valence-electron chi connectivity index (χ4n) is 2.78. The number of carbonyl (C=O) groups excluding carboxylic acids is 2. The number of carbonyl (C=O) groups is 2. The molecule has 136 valence electrons. The van der Waals surface area contributed by atoms with Crippen LogP contribution in [0.4, 0.5) is 9.59 Å². The SMILES string of the molecule is C=COC(=O)Oc1c2ccccc2c(OC(=O)OC=C)c2cc(C)ccc12. The van der Waals surface area contributed by atoms with E-state index < -0.39 is 12.3 Å². The lowest BCUT2D eigenvalue weighted by molar-refractivity contribution is 0.135. The van der Waals surface area contributed by atoms with Gasteiger partial charge in [-0.25, -0.2) is 9.59 Å². The molecule has 0 aromatic heterocycles. The molecule has 0 aliphatic rings. The predicted octanol–water partition coefficient (Wildman–Crippen LogP) is 5.62. The standard InChI is InChI=1S/C21H16O6/c1-4-24-20(22)26-18-14-8-6-7-9-15(14)19(27-21(23)25-5-2)17-12-13(3)10-11-16(17)18/h4-12H,1-2H2,3H3. The lowest BCUT2D eigenvalue weighted by atomic mass is 9.99. The van der Waals surface area contributed by atoms with E-state index in [1.807, 2.05) is 19.1 Å². The second-order valence-electron chi connectivity index (χ2n) is 5.53. The Morgan fingerprint density at radius 2 is 1.26 bits per heavy atom. The fraction of sp³-hybridized carbons (Fsp3) is 0.0476. The number of rotatable bonds is 4. The van der Waals surface area contributed by atoms with Crippen LogP contribution < -0.4 is 9.47 Å². The lowest BCUT2D eigenvalue weighted by Crippen LogP contribution is -2.10. The molecule has 0 bridgehead atoms. The Kier molecular flexibility index (Phi) is 5.08. The van der Waals surface area contributed by atoms with Gasteiger partial charge in [-0.1, -0.05) is 55.1 Å². The van der Waals surface area contributed by atoms with Crippen LogP contribution in [-0.4, -0.2) is 12.3 Å². The molecule has 27 heavy (non-hydrogen) atoms. The van der Waals surface area contributed by atoms with Crippen LogP contribution in [0.25, 0.3) is 21.5 Å². The Morgan fingerprint density at radius 1 is 0.778 bits per heavy atom. The zero-order valence-electron chi connectivity index (χ0n) is 14.6. The van der Waals surface area contributed by atoms with Crippen LogP contribution in [0.5, 0.6) is 11.5 Å². The summed E-state index contributed by atoms with van der Waals surface area (Å²) in [5, 5.41) is 2.28. The molecule has 0 radical (unpaired) electrons. The molecule has 0 fully saturated rings. The van der Waals surface area contributed by atoms with Gasteiger partial charge in [-0.2, -0.15) is 0 Å². The van der Waals surface area contributed by atoms with Gasteiger partial charge in [-0.3, -0.25) is 0 Å². The van der Waals surface area contributed by atoms with E-state index in [4.69, 9.17) is 9.47 Å². The van der Waals surface area contributed by atoms with Crippen LogP contribution in [0.3, 0.4) is 0 Å². The van der Waals surface area contributed by atoms with E-state index in [0.29, 0.717) is 27.3 Å². The third-order valence-electron chi connectivity index (χ3n) is 3.81. The molecule has 0 amide bonds. The van der Waals surface area contributed by atoms with Crippen LogP contribution in [0.1, 0.15) is 5.56 Å². The van der Waals surface area contributed by atoms with Crippen LogP contribution in [0.15, 0.2) is 68.1 Å². The summed E-state index contributed by atoms with van der Waals surface area (Å²) in [5.74, 6) is 0.581. The van der Waals surface area contributed by atoms with Crippen molar-refractivity contribution in [3.8, 4) is 11.5 Å². The molecule has 3 aromatic carbocycles. The highest BCUT2D eigenvalue weighted by atomic mass is 16.7. The molecule has 3 rings (SSSR count). The van der Waals surface area contributed by atoms with Gasteiger partial charge in [0.1, 0.15) is 11.5 Å². The predicted molar refractivity (Wildman–Crippen MR) is 101 cm³/mol. The van der Waals surface area contributed by atoms with Crippen molar-refractivity contribution in [2.75, 3.05) is 0 Å². The van der Waals surface area contributed by atoms with Crippen molar-refractivity contribution in [1.82, 2.24) is 0 Å². The first-order valence-electron chi connectivity index (χ1n) is 7.99. The van der Waals surface area contributed by atoms with E-state index in [0.717, 1.165) is 18.1 Å². The second-order valence-corrected chi connectivity index (χ2v) is 5.53. The second kappa shape index (κ2) is 7.61. The molecule has 0 atom stereocenters. The molecule has 0 aliphatic heterocycles. The summed E-state index contributed by atoms with van der Waals surface area (Å²) in [5.41, 5.74) is 0.930. The molecule has 0 heterocycles. The molecule has 0 aliphatic carbocycles. The van der Waals surface area contributed by atoms with Gasteiger partial charge in [0.15, 0.2) is 0 Å². The average molecular weight is 364 g/mol. The monoisotopic (exact) mass is 364 g/mol. The van der Waals surface area contributed by atoms with Gasteiger partial charge < -0.3 is 18.9 Å². The van der Waals surface area contributed by atoms with Gasteiger partial charge in [0, 0.05) is 21.5 Å². The minimum atomic E-state index is -0.920. The molecule has 3 aromatic rings. The molecular weight excluding hydrogens is 348 g/mol. The summed E-state index contributed by atoms with van der Waals surface area (Å²) in [6.45, 7) is 8.58. The summed E-state index contributed by atoms with van der Waals surface area (Å²) < 4.78 is 20.2. The van der Waals surface area contributed by atoms with Crippen LogP contribution in [-0.2, 0) is 9.47 Å². The summed E-state index contributed by atoms with van der Waals surface area (Å²) in [7, 11) is 0. The van der Waals surface area contributed by atoms with Crippen LogP contribution in [0, 0.1) is 6.92 Å². The summed E-state index contributed by atoms with van der Waals surface area (Å²) in [4.78, 5) is 23.8. The molecule has 0 N–H and O–H groups in total. The first kappa shape index (κ1) is 18.0. The lowest BCUT2D eigenvalue weighted by Gasteiger charge is -2.15. The van der Waals surface area contributed by atoms with E-state index in [9.17, 15) is 9.59 Å². The van der Waals surface area contributed by atoms with Gasteiger partial charge in [0.2, 0.25) is 0 Å². The highest BCUT2D eigenvalue weighted by Crippen LogP contribution is 2.43. The van der Waals surface area contributed by atoms with Crippen molar-refractivity contribution in [1.29, 1.82) is 0 Å². The zero-order valence-corrected chi connectivity index (χ0v) is 14.6. The van der Waals surface area contributed by atoms with Crippen molar-refractivity contribution in [2.24, 2.45) is 0 Å². The largest absolute Gasteiger partial charge is 0.518 e. The molecule has 0 saturated carbocycles. The molecule has 0 saturated heterocycles. The van der Waals surface area contributed by atoms with E-state index in [-0.39, 0.29) is 5.75 Å². The number of benzene rings is 3. The molecule has 0 spiro atoms. The minimum absolute atomic E-state index is 0.289. The molecule has 6 nitrogen and oxygen atoms in total. The first-order valence-corrected chi connectivity index (χ1v) is 7.99. The summed E-state index contributed by atoms with van der Waals surface area (Å²) in [6, 6.07) is 12.5. The highest BCUT2D eigenvalue weighted by molar-refractivity contribution is 6.12. The first-order chi connectivity index (χ1) is 13.0. The maximum atomic E-state index is 11.9. The average Bonchev–Trinajstić information content (AvgIpc) is 2.64. The Morgan fingerprint density at radius 3 is 1.78 bits per heavy atom. The Bertz CT molecular complexity index is 1070. The quantitative estimate of drug-likeness (QED) is 0.259. The van der Waals surface area contributed by atoms with Crippen molar-refractivity contribution in [3.05, 3.63) is 73.7 Å². The van der Waals surface area contributed by atoms with E-state index in [1.54, 1.807) is 30.3 Å². The van der Waals surface area contributed by atoms with E-state index >= 15 is 0 Å². The highest BCUT2D eigenvalue weighted by Gasteiger charge is 2.20. The Balaban J connectivity index is 2.32. The minimum Gasteiger partial charge on any atom is -0.403 e. The molecule has 0 unspecified atom stereocenters. The third-order valence-corrected chi connectivity index (χ3v) is 3.81. The van der Waals surface area contributed by atoms with Crippen LogP contribution in [0.2, 0.25) is 0 Å². The normalized spacial score (nSPS) is 10.3. The number of ether oxygens (including phenoxy) is 4. The third kappa shape index (κ3) is 3.59. The summed E-state index contributed by atoms with van der Waals surface area (Å²) in [6.07, 6.45) is 0.134. The van der Waals surface area contributed by atoms with Gasteiger partial charge in [0.25, 0.3) is 0 Å². The fourth-order valence-corrected chi connectivity index (χ4v) is 2.78. The molecular formula is C21H16O6. The number of hydrogen-bond donors (Lipinski definition) is 0. The number of hydrogen-bond acceptors (Lipinski definition) is 6. The zero-order chi connectivity index (χ0) is 19.4. The smallest absolute Gasteiger partial charge is 0.403 e. The maximum Gasteiger partial charge on any atom is 0.518 e. The summed E-state index contributed by atoms with van der Waals surface area (Å²) >= 11 is 0. The van der Waals surface area contributed by atoms with Crippen molar-refractivity contribution in [2.45, 2.75) is 6.92 Å². The topological polar surface area (TPSA) is 71.1 Å². The van der Waals surface area contributed by atoms with E-state index in [1.165, 1.54) is 0 Å². The van der Waals surface area contributed by atoms with Gasteiger partial charge in [0.05, 0.1) is 12.5 Å². The molecule has 6 heteroatoms. The maximum absolute atomic E-state index is 11.9. The van der Waals surface area contributed by atoms with Gasteiger partial charge >= 0.3 is 12.3 Å². The number of aryl methyl sites for hydroxylation is 1. The van der Waals surface area contributed by atoms with Gasteiger partial charge in [-0.05, 0) is 13.0 Å².